The lowest BCUT2D eigenvalue weighted by Crippen LogP contribution is -2.41. The lowest BCUT2D eigenvalue weighted by molar-refractivity contribution is -0.139. The standard InChI is InChI=1S/C10H11F2NO5S/c11-7-2-1-6(5-8(7)12)19(17,18)13-9(3-4-14)10(15)16/h1-2,5,9,13-14H,3-4H2,(H,15,16)/t9-/m1/s1. The van der Waals surface area contributed by atoms with Crippen LogP contribution in [0.3, 0.4) is 0 Å². The lowest BCUT2D eigenvalue weighted by atomic mass is 10.2. The second-order valence-electron chi connectivity index (χ2n) is 3.60. The first-order chi connectivity index (χ1) is 8.77. The van der Waals surface area contributed by atoms with Crippen molar-refractivity contribution in [1.29, 1.82) is 0 Å². The molecule has 0 amide bonds. The van der Waals surface area contributed by atoms with Crippen LogP contribution in [0.1, 0.15) is 6.42 Å². The highest BCUT2D eigenvalue weighted by molar-refractivity contribution is 7.89. The number of carbonyl (C=O) groups is 1. The summed E-state index contributed by atoms with van der Waals surface area (Å²) < 4.78 is 50.9. The molecule has 0 spiro atoms. The van der Waals surface area contributed by atoms with Crippen LogP contribution in [0.2, 0.25) is 0 Å². The molecule has 0 radical (unpaired) electrons. The molecular formula is C10H11F2NO5S. The highest BCUT2D eigenvalue weighted by Gasteiger charge is 2.25. The molecule has 1 aromatic carbocycles. The van der Waals surface area contributed by atoms with Crippen molar-refractivity contribution in [3.05, 3.63) is 29.8 Å². The topological polar surface area (TPSA) is 104 Å². The lowest BCUT2D eigenvalue weighted by Gasteiger charge is -2.13. The Kier molecular flexibility index (Phi) is 4.92. The Morgan fingerprint density at radius 3 is 2.42 bits per heavy atom. The van der Waals surface area contributed by atoms with E-state index in [1.807, 2.05) is 0 Å². The summed E-state index contributed by atoms with van der Waals surface area (Å²) in [5, 5.41) is 17.4. The van der Waals surface area contributed by atoms with Crippen molar-refractivity contribution in [2.45, 2.75) is 17.4 Å². The predicted molar refractivity (Wildman–Crippen MR) is 59.8 cm³/mol. The number of carboxylic acid groups (broad SMARTS) is 1. The Balaban J connectivity index is 3.03. The first-order valence-corrected chi connectivity index (χ1v) is 6.57. The fourth-order valence-electron chi connectivity index (χ4n) is 1.26. The summed E-state index contributed by atoms with van der Waals surface area (Å²) in [6.45, 7) is -0.544. The van der Waals surface area contributed by atoms with Crippen LogP contribution in [0.15, 0.2) is 23.1 Å². The van der Waals surface area contributed by atoms with Crippen molar-refractivity contribution in [3.8, 4) is 0 Å². The Labute approximate surface area is 107 Å². The zero-order valence-electron chi connectivity index (χ0n) is 9.51. The van der Waals surface area contributed by atoms with Gasteiger partial charge in [0, 0.05) is 6.61 Å². The molecule has 6 nitrogen and oxygen atoms in total. The van der Waals surface area contributed by atoms with E-state index < -0.39 is 45.2 Å². The Morgan fingerprint density at radius 1 is 1.32 bits per heavy atom. The van der Waals surface area contributed by atoms with E-state index in [1.54, 1.807) is 4.72 Å². The average molecular weight is 295 g/mol. The van der Waals surface area contributed by atoms with Crippen LogP contribution in [0.5, 0.6) is 0 Å². The fourth-order valence-corrected chi connectivity index (χ4v) is 2.50. The van der Waals surface area contributed by atoms with Crippen molar-refractivity contribution < 1.29 is 32.2 Å². The molecule has 3 N–H and O–H groups in total. The molecule has 0 heterocycles. The Bertz CT molecular complexity index is 575. The maximum atomic E-state index is 12.9. The highest BCUT2D eigenvalue weighted by Crippen LogP contribution is 2.14. The number of hydrogen-bond acceptors (Lipinski definition) is 4. The second-order valence-corrected chi connectivity index (χ2v) is 5.31. The Hall–Kier alpha value is -1.58. The number of halogens is 2. The number of sulfonamides is 1. The number of aliphatic hydroxyl groups excluding tert-OH is 1. The zero-order valence-corrected chi connectivity index (χ0v) is 10.3. The van der Waals surface area contributed by atoms with Crippen LogP contribution in [0.25, 0.3) is 0 Å². The molecule has 0 aliphatic rings. The molecule has 0 aliphatic carbocycles. The van der Waals surface area contributed by atoms with Gasteiger partial charge < -0.3 is 10.2 Å². The van der Waals surface area contributed by atoms with Crippen molar-refractivity contribution in [3.63, 3.8) is 0 Å². The minimum absolute atomic E-state index is 0.349. The molecule has 0 fully saturated rings. The first kappa shape index (κ1) is 15.5. The number of benzene rings is 1. The van der Waals surface area contributed by atoms with Gasteiger partial charge >= 0.3 is 5.97 Å². The van der Waals surface area contributed by atoms with Gasteiger partial charge in [-0.2, -0.15) is 4.72 Å². The van der Waals surface area contributed by atoms with Crippen LogP contribution >= 0.6 is 0 Å². The monoisotopic (exact) mass is 295 g/mol. The molecule has 0 saturated carbocycles. The van der Waals surface area contributed by atoms with E-state index in [0.29, 0.717) is 12.1 Å². The number of hydrogen-bond donors (Lipinski definition) is 3. The summed E-state index contributed by atoms with van der Waals surface area (Å²) in [6.07, 6.45) is -0.349. The normalized spacial score (nSPS) is 13.2. The van der Waals surface area contributed by atoms with Gasteiger partial charge in [0.15, 0.2) is 11.6 Å². The van der Waals surface area contributed by atoms with Crippen LogP contribution < -0.4 is 4.72 Å². The molecule has 0 bridgehead atoms. The number of aliphatic carboxylic acids is 1. The quantitative estimate of drug-likeness (QED) is 0.689. The first-order valence-electron chi connectivity index (χ1n) is 5.09. The van der Waals surface area contributed by atoms with Gasteiger partial charge in [0.2, 0.25) is 10.0 Å². The summed E-state index contributed by atoms with van der Waals surface area (Å²) in [5.74, 6) is -4.07. The number of aliphatic hydroxyl groups is 1. The Morgan fingerprint density at radius 2 is 1.95 bits per heavy atom. The van der Waals surface area contributed by atoms with Crippen molar-refractivity contribution >= 4 is 16.0 Å². The molecule has 0 aliphatic heterocycles. The van der Waals surface area contributed by atoms with Gasteiger partial charge in [-0.3, -0.25) is 4.79 Å². The molecule has 106 valence electrons. The van der Waals surface area contributed by atoms with E-state index in [4.69, 9.17) is 10.2 Å². The van der Waals surface area contributed by atoms with Gasteiger partial charge in [0.1, 0.15) is 6.04 Å². The minimum Gasteiger partial charge on any atom is -0.480 e. The largest absolute Gasteiger partial charge is 0.480 e. The molecule has 1 rings (SSSR count). The third-order valence-corrected chi connectivity index (χ3v) is 3.68. The van der Waals surface area contributed by atoms with Gasteiger partial charge in [0.05, 0.1) is 4.90 Å². The second kappa shape index (κ2) is 6.04. The maximum absolute atomic E-state index is 12.9. The van der Waals surface area contributed by atoms with Crippen molar-refractivity contribution in [2.75, 3.05) is 6.61 Å². The summed E-state index contributed by atoms with van der Waals surface area (Å²) >= 11 is 0. The smallest absolute Gasteiger partial charge is 0.321 e. The highest BCUT2D eigenvalue weighted by atomic mass is 32.2. The molecule has 9 heteroatoms. The van der Waals surface area contributed by atoms with Crippen molar-refractivity contribution in [1.82, 2.24) is 4.72 Å². The fraction of sp³-hybridized carbons (Fsp3) is 0.300. The molecule has 0 saturated heterocycles. The van der Waals surface area contributed by atoms with E-state index in [0.717, 1.165) is 6.07 Å². The summed E-state index contributed by atoms with van der Waals surface area (Å²) in [5.41, 5.74) is 0. The van der Waals surface area contributed by atoms with E-state index in [1.165, 1.54) is 0 Å². The van der Waals surface area contributed by atoms with Crippen LogP contribution in [-0.4, -0.2) is 37.2 Å². The molecule has 19 heavy (non-hydrogen) atoms. The summed E-state index contributed by atoms with van der Waals surface area (Å²) in [7, 11) is -4.31. The van der Waals surface area contributed by atoms with Crippen molar-refractivity contribution in [2.24, 2.45) is 0 Å². The van der Waals surface area contributed by atoms with Gasteiger partial charge in [-0.05, 0) is 24.6 Å². The SMILES string of the molecule is O=C(O)[C@@H](CCO)NS(=O)(=O)c1ccc(F)c(F)c1. The van der Waals surface area contributed by atoms with Crippen LogP contribution in [-0.2, 0) is 14.8 Å². The van der Waals surface area contributed by atoms with E-state index in [2.05, 4.69) is 0 Å². The molecular weight excluding hydrogens is 284 g/mol. The van der Waals surface area contributed by atoms with Gasteiger partial charge in [-0.25, -0.2) is 17.2 Å². The molecule has 0 unspecified atom stereocenters. The maximum Gasteiger partial charge on any atom is 0.321 e. The van der Waals surface area contributed by atoms with Gasteiger partial charge in [0.25, 0.3) is 0 Å². The summed E-state index contributed by atoms with van der Waals surface area (Å²) in [6, 6.07) is 0.308. The van der Waals surface area contributed by atoms with E-state index >= 15 is 0 Å². The number of nitrogens with one attached hydrogen (secondary N) is 1. The van der Waals surface area contributed by atoms with Gasteiger partial charge in [-0.1, -0.05) is 0 Å². The molecule has 0 aromatic heterocycles. The average Bonchev–Trinajstić information content (AvgIpc) is 2.31. The van der Waals surface area contributed by atoms with E-state index in [-0.39, 0.29) is 6.42 Å². The van der Waals surface area contributed by atoms with Gasteiger partial charge in [-0.15, -0.1) is 0 Å². The van der Waals surface area contributed by atoms with E-state index in [9.17, 15) is 22.0 Å². The summed E-state index contributed by atoms with van der Waals surface area (Å²) in [4.78, 5) is 10.1. The molecule has 1 atom stereocenters. The third-order valence-electron chi connectivity index (χ3n) is 2.21. The molecule has 1 aromatic rings. The zero-order chi connectivity index (χ0) is 14.6. The number of carboxylic acids is 1. The minimum atomic E-state index is -4.31. The van der Waals surface area contributed by atoms with Crippen LogP contribution in [0.4, 0.5) is 8.78 Å². The number of rotatable bonds is 6. The van der Waals surface area contributed by atoms with Crippen LogP contribution in [0, 0.1) is 11.6 Å². The predicted octanol–water partition coefficient (Wildman–Crippen LogP) is 0.0787. The third kappa shape index (κ3) is 3.94.